The molecule has 3 rings (SSSR count). The van der Waals surface area contributed by atoms with Gasteiger partial charge in [0, 0.05) is 49.2 Å². The van der Waals surface area contributed by atoms with Crippen LogP contribution in [0.15, 0.2) is 54.6 Å². The van der Waals surface area contributed by atoms with Gasteiger partial charge in [-0.25, -0.2) is 8.42 Å². The fourth-order valence-electron chi connectivity index (χ4n) is 3.21. The van der Waals surface area contributed by atoms with Crippen LogP contribution in [-0.2, 0) is 20.6 Å². The average molecular weight is 468 g/mol. The number of amides is 1. The van der Waals surface area contributed by atoms with Crippen LogP contribution in [0.5, 0.6) is 0 Å². The van der Waals surface area contributed by atoms with Crippen LogP contribution in [0.3, 0.4) is 0 Å². The van der Waals surface area contributed by atoms with E-state index < -0.39 is 10.0 Å². The summed E-state index contributed by atoms with van der Waals surface area (Å²) in [7, 11) is -3.39. The normalized spacial score (nSPS) is 15.2. The second-order valence-electron chi connectivity index (χ2n) is 7.01. The number of carbonyl (C=O) groups excluding carboxylic acids is 1. The Morgan fingerprint density at radius 3 is 2.33 bits per heavy atom. The van der Waals surface area contributed by atoms with Gasteiger partial charge in [-0.15, -0.1) is 11.8 Å². The van der Waals surface area contributed by atoms with Crippen molar-refractivity contribution in [3.05, 3.63) is 65.2 Å². The third-order valence-corrected chi connectivity index (χ3v) is 7.98. The zero-order chi connectivity index (χ0) is 21.4. The van der Waals surface area contributed by atoms with Crippen molar-refractivity contribution in [1.82, 2.24) is 9.62 Å². The van der Waals surface area contributed by atoms with Gasteiger partial charge in [0.1, 0.15) is 0 Å². The topological polar surface area (TPSA) is 69.7 Å². The van der Waals surface area contributed by atoms with Gasteiger partial charge in [0.2, 0.25) is 15.9 Å². The predicted molar refractivity (Wildman–Crippen MR) is 125 cm³/mol. The molecule has 1 N–H and O–H groups in total. The number of piperazine rings is 1. The van der Waals surface area contributed by atoms with Crippen LogP contribution >= 0.6 is 23.4 Å². The molecular formula is C21H26ClN3O3S2. The highest BCUT2D eigenvalue weighted by atomic mass is 35.5. The Labute approximate surface area is 187 Å². The van der Waals surface area contributed by atoms with Crippen LogP contribution in [0.25, 0.3) is 0 Å². The summed E-state index contributed by atoms with van der Waals surface area (Å²) in [6, 6.07) is 17.5. The Morgan fingerprint density at radius 2 is 1.67 bits per heavy atom. The molecule has 0 atom stereocenters. The van der Waals surface area contributed by atoms with Gasteiger partial charge in [-0.3, -0.25) is 4.79 Å². The summed E-state index contributed by atoms with van der Waals surface area (Å²) in [4.78, 5) is 14.1. The lowest BCUT2D eigenvalue weighted by Gasteiger charge is -2.35. The number of benzene rings is 2. The number of hydrogen-bond donors (Lipinski definition) is 1. The van der Waals surface area contributed by atoms with E-state index in [1.54, 1.807) is 0 Å². The van der Waals surface area contributed by atoms with E-state index in [4.69, 9.17) is 11.6 Å². The van der Waals surface area contributed by atoms with Crippen molar-refractivity contribution in [2.45, 2.75) is 5.75 Å². The van der Waals surface area contributed by atoms with E-state index in [0.29, 0.717) is 37.0 Å². The molecule has 9 heteroatoms. The lowest BCUT2D eigenvalue weighted by Crippen LogP contribution is -2.50. The van der Waals surface area contributed by atoms with Crippen LogP contribution < -0.4 is 10.2 Å². The molecule has 0 radical (unpaired) electrons. The van der Waals surface area contributed by atoms with Crippen LogP contribution in [0.4, 0.5) is 5.69 Å². The minimum atomic E-state index is -3.39. The fourth-order valence-corrected chi connectivity index (χ4v) is 5.49. The summed E-state index contributed by atoms with van der Waals surface area (Å²) < 4.78 is 26.7. The molecule has 1 aliphatic rings. The van der Waals surface area contributed by atoms with Crippen molar-refractivity contribution < 1.29 is 13.2 Å². The van der Waals surface area contributed by atoms with Crippen molar-refractivity contribution >= 4 is 45.0 Å². The summed E-state index contributed by atoms with van der Waals surface area (Å²) in [6.45, 7) is 2.26. The van der Waals surface area contributed by atoms with Gasteiger partial charge in [-0.05, 0) is 29.8 Å². The van der Waals surface area contributed by atoms with Gasteiger partial charge in [0.05, 0.1) is 11.5 Å². The van der Waals surface area contributed by atoms with Crippen molar-refractivity contribution in [2.75, 3.05) is 49.1 Å². The second-order valence-corrected chi connectivity index (χ2v) is 10.5. The highest BCUT2D eigenvalue weighted by molar-refractivity contribution is 7.99. The molecule has 162 valence electrons. The molecule has 2 aromatic rings. The lowest BCUT2D eigenvalue weighted by molar-refractivity contribution is -0.118. The molecule has 1 amide bonds. The SMILES string of the molecule is O=C(CSCc1ccccc1)NCCS(=O)(=O)N1CCN(c2ccc(Cl)cc2)CC1. The molecule has 0 unspecified atom stereocenters. The second kappa shape index (κ2) is 11.0. The zero-order valence-electron chi connectivity index (χ0n) is 16.7. The number of rotatable bonds is 9. The summed E-state index contributed by atoms with van der Waals surface area (Å²) in [5.74, 6) is 0.848. The number of hydrogen-bond acceptors (Lipinski definition) is 5. The van der Waals surface area contributed by atoms with E-state index >= 15 is 0 Å². The molecular weight excluding hydrogens is 442 g/mol. The van der Waals surface area contributed by atoms with Crippen molar-refractivity contribution in [3.63, 3.8) is 0 Å². The first-order valence-electron chi connectivity index (χ1n) is 9.81. The quantitative estimate of drug-likeness (QED) is 0.614. The molecule has 1 saturated heterocycles. The maximum Gasteiger partial charge on any atom is 0.230 e. The van der Waals surface area contributed by atoms with E-state index in [2.05, 4.69) is 10.2 Å². The summed E-state index contributed by atoms with van der Waals surface area (Å²) >= 11 is 7.44. The summed E-state index contributed by atoms with van der Waals surface area (Å²) in [5, 5.41) is 3.40. The molecule has 1 heterocycles. The van der Waals surface area contributed by atoms with Gasteiger partial charge in [-0.1, -0.05) is 41.9 Å². The van der Waals surface area contributed by atoms with Gasteiger partial charge in [0.15, 0.2) is 0 Å². The Hall–Kier alpha value is -1.74. The number of nitrogens with one attached hydrogen (secondary N) is 1. The molecule has 0 spiro atoms. The van der Waals surface area contributed by atoms with E-state index in [-0.39, 0.29) is 18.2 Å². The Balaban J connectivity index is 1.36. The van der Waals surface area contributed by atoms with Crippen molar-refractivity contribution in [1.29, 1.82) is 0 Å². The highest BCUT2D eigenvalue weighted by Gasteiger charge is 2.26. The molecule has 0 aliphatic carbocycles. The minimum absolute atomic E-state index is 0.0803. The maximum atomic E-state index is 12.6. The van der Waals surface area contributed by atoms with Crippen molar-refractivity contribution in [3.8, 4) is 0 Å². The molecule has 0 bridgehead atoms. The lowest BCUT2D eigenvalue weighted by atomic mass is 10.2. The zero-order valence-corrected chi connectivity index (χ0v) is 19.1. The number of sulfonamides is 1. The minimum Gasteiger partial charge on any atom is -0.369 e. The average Bonchev–Trinajstić information content (AvgIpc) is 2.75. The van der Waals surface area contributed by atoms with Crippen LogP contribution in [0.2, 0.25) is 5.02 Å². The third-order valence-electron chi connectivity index (χ3n) is 4.85. The molecule has 2 aromatic carbocycles. The summed E-state index contributed by atoms with van der Waals surface area (Å²) in [6.07, 6.45) is 0. The number of halogens is 1. The van der Waals surface area contributed by atoms with E-state index in [0.717, 1.165) is 17.0 Å². The maximum absolute atomic E-state index is 12.6. The van der Waals surface area contributed by atoms with Crippen LogP contribution in [-0.4, -0.2) is 62.9 Å². The first kappa shape index (κ1) is 22.9. The third kappa shape index (κ3) is 6.91. The fraction of sp³-hybridized carbons (Fsp3) is 0.381. The van der Waals surface area contributed by atoms with Gasteiger partial charge < -0.3 is 10.2 Å². The first-order chi connectivity index (χ1) is 14.4. The Kier molecular flexibility index (Phi) is 8.44. The Morgan fingerprint density at radius 1 is 1.00 bits per heavy atom. The van der Waals surface area contributed by atoms with Gasteiger partial charge in [-0.2, -0.15) is 4.31 Å². The standard InChI is InChI=1S/C21H26ClN3O3S2/c22-19-6-8-20(9-7-19)24-11-13-25(14-12-24)30(27,28)15-10-23-21(26)17-29-16-18-4-2-1-3-5-18/h1-9H,10-17H2,(H,23,26). The number of anilines is 1. The monoisotopic (exact) mass is 467 g/mol. The van der Waals surface area contributed by atoms with E-state index in [9.17, 15) is 13.2 Å². The largest absolute Gasteiger partial charge is 0.369 e. The highest BCUT2D eigenvalue weighted by Crippen LogP contribution is 2.20. The van der Waals surface area contributed by atoms with Crippen LogP contribution in [0.1, 0.15) is 5.56 Å². The predicted octanol–water partition coefficient (Wildman–Crippen LogP) is 2.84. The number of thioether (sulfide) groups is 1. The smallest absolute Gasteiger partial charge is 0.230 e. The summed E-state index contributed by atoms with van der Waals surface area (Å²) in [5.41, 5.74) is 2.20. The molecule has 6 nitrogen and oxygen atoms in total. The first-order valence-corrected chi connectivity index (χ1v) is 12.9. The number of carbonyl (C=O) groups is 1. The van der Waals surface area contributed by atoms with Crippen LogP contribution in [0, 0.1) is 0 Å². The molecule has 0 aromatic heterocycles. The molecule has 1 fully saturated rings. The number of nitrogens with zero attached hydrogens (tertiary/aromatic N) is 2. The molecule has 1 aliphatic heterocycles. The molecule has 0 saturated carbocycles. The van der Waals surface area contributed by atoms with Gasteiger partial charge >= 0.3 is 0 Å². The van der Waals surface area contributed by atoms with E-state index in [1.165, 1.54) is 16.1 Å². The van der Waals surface area contributed by atoms with E-state index in [1.807, 2.05) is 54.6 Å². The van der Waals surface area contributed by atoms with Gasteiger partial charge in [0.25, 0.3) is 0 Å². The Bertz CT molecular complexity index is 916. The van der Waals surface area contributed by atoms with Crippen molar-refractivity contribution in [2.24, 2.45) is 0 Å². The molecule has 30 heavy (non-hydrogen) atoms.